The van der Waals surface area contributed by atoms with Gasteiger partial charge in [-0.1, -0.05) is 32.0 Å². The Labute approximate surface area is 195 Å². The molecule has 1 aliphatic heterocycles. The second-order valence-electron chi connectivity index (χ2n) is 9.22. The molecule has 0 aliphatic carbocycles. The van der Waals surface area contributed by atoms with E-state index in [2.05, 4.69) is 75.4 Å². The number of aromatic amines is 2. The lowest BCUT2D eigenvalue weighted by Gasteiger charge is -2.18. The molecule has 0 atom stereocenters. The van der Waals surface area contributed by atoms with Crippen molar-refractivity contribution in [2.24, 2.45) is 0 Å². The van der Waals surface area contributed by atoms with Crippen LogP contribution in [0.25, 0.3) is 55.0 Å². The molecule has 0 unspecified atom stereocenters. The van der Waals surface area contributed by atoms with Gasteiger partial charge in [0.2, 0.25) is 0 Å². The number of ether oxygens (including phenoxy) is 1. The molecule has 0 saturated heterocycles. The monoisotopic (exact) mass is 446 g/mol. The number of H-pyrrole nitrogens is 2. The predicted octanol–water partition coefficient (Wildman–Crippen LogP) is 6.04. The Morgan fingerprint density at radius 3 is 2.50 bits per heavy atom. The van der Waals surface area contributed by atoms with Crippen molar-refractivity contribution < 1.29 is 4.74 Å². The first-order chi connectivity index (χ1) is 16.6. The summed E-state index contributed by atoms with van der Waals surface area (Å²) in [4.78, 5) is 16.3. The smallest absolute Gasteiger partial charge is 0.132 e. The van der Waals surface area contributed by atoms with Crippen LogP contribution >= 0.6 is 0 Å². The summed E-state index contributed by atoms with van der Waals surface area (Å²) < 4.78 is 6.05. The number of aryl methyl sites for hydroxylation is 1. The van der Waals surface area contributed by atoms with Crippen LogP contribution in [0.2, 0.25) is 0 Å². The molecular formula is C27H22N6O. The van der Waals surface area contributed by atoms with Gasteiger partial charge in [0.25, 0.3) is 0 Å². The maximum atomic E-state index is 6.05. The third-order valence-electron chi connectivity index (χ3n) is 6.68. The fraction of sp³-hybridized carbons (Fsp3) is 0.185. The first kappa shape index (κ1) is 19.2. The van der Waals surface area contributed by atoms with E-state index >= 15 is 0 Å². The average molecular weight is 447 g/mol. The van der Waals surface area contributed by atoms with Gasteiger partial charge in [-0.05, 0) is 41.6 Å². The van der Waals surface area contributed by atoms with Crippen LogP contribution in [0.1, 0.15) is 37.1 Å². The molecule has 7 heteroatoms. The molecule has 0 amide bonds. The largest absolute Gasteiger partial charge is 0.486 e. The summed E-state index contributed by atoms with van der Waals surface area (Å²) in [5, 5.41) is 12.6. The Morgan fingerprint density at radius 2 is 1.65 bits per heavy atom. The minimum atomic E-state index is 0.307. The van der Waals surface area contributed by atoms with Crippen LogP contribution in [-0.2, 0) is 6.61 Å². The molecular weight excluding hydrogens is 424 g/mol. The molecule has 7 rings (SSSR count). The number of hydrogen-bond donors (Lipinski definition) is 2. The fourth-order valence-electron chi connectivity index (χ4n) is 4.98. The third kappa shape index (κ3) is 2.70. The second-order valence-corrected chi connectivity index (χ2v) is 9.22. The molecule has 4 heterocycles. The highest BCUT2D eigenvalue weighted by molar-refractivity contribution is 6.23. The van der Waals surface area contributed by atoms with Gasteiger partial charge in [-0.3, -0.25) is 0 Å². The number of hydrogen-bond acceptors (Lipinski definition) is 5. The molecule has 3 aromatic heterocycles. The zero-order valence-electron chi connectivity index (χ0n) is 19.1. The highest BCUT2D eigenvalue weighted by Crippen LogP contribution is 2.40. The topological polar surface area (TPSA) is 92.4 Å². The van der Waals surface area contributed by atoms with Crippen molar-refractivity contribution >= 4 is 32.6 Å². The molecule has 3 aromatic carbocycles. The van der Waals surface area contributed by atoms with Crippen LogP contribution in [0.4, 0.5) is 0 Å². The number of fused-ring (bicyclic) bond motifs is 9. The number of rotatable bonds is 2. The first-order valence-electron chi connectivity index (χ1n) is 11.5. The molecule has 166 valence electrons. The van der Waals surface area contributed by atoms with Gasteiger partial charge in [0.15, 0.2) is 0 Å². The van der Waals surface area contributed by atoms with Crippen LogP contribution in [-0.4, -0.2) is 30.1 Å². The lowest BCUT2D eigenvalue weighted by Crippen LogP contribution is -2.05. The number of imidazole rings is 2. The molecule has 0 spiro atoms. The molecule has 7 nitrogen and oxygen atoms in total. The molecule has 1 aliphatic rings. The van der Waals surface area contributed by atoms with Crippen molar-refractivity contribution in [3.63, 3.8) is 0 Å². The molecule has 2 N–H and O–H groups in total. The summed E-state index contributed by atoms with van der Waals surface area (Å²) >= 11 is 0. The van der Waals surface area contributed by atoms with Crippen LogP contribution in [0.3, 0.4) is 0 Å². The van der Waals surface area contributed by atoms with Crippen molar-refractivity contribution in [2.45, 2.75) is 33.3 Å². The quantitative estimate of drug-likeness (QED) is 0.316. The highest BCUT2D eigenvalue weighted by atomic mass is 16.5. The zero-order chi connectivity index (χ0) is 23.0. The Morgan fingerprint density at radius 1 is 0.853 bits per heavy atom. The van der Waals surface area contributed by atoms with Crippen LogP contribution in [0.15, 0.2) is 48.8 Å². The molecule has 0 radical (unpaired) electrons. The maximum absolute atomic E-state index is 6.05. The maximum Gasteiger partial charge on any atom is 0.132 e. The van der Waals surface area contributed by atoms with E-state index in [1.807, 2.05) is 19.3 Å². The average Bonchev–Trinajstić information content (AvgIpc) is 3.47. The fourth-order valence-corrected chi connectivity index (χ4v) is 4.98. The van der Waals surface area contributed by atoms with E-state index in [-0.39, 0.29) is 0 Å². The predicted molar refractivity (Wildman–Crippen MR) is 133 cm³/mol. The van der Waals surface area contributed by atoms with Crippen molar-refractivity contribution in [1.29, 1.82) is 0 Å². The van der Waals surface area contributed by atoms with Gasteiger partial charge in [0.05, 0.1) is 29.1 Å². The van der Waals surface area contributed by atoms with Crippen molar-refractivity contribution in [3.05, 3.63) is 66.1 Å². The summed E-state index contributed by atoms with van der Waals surface area (Å²) in [7, 11) is 0. The van der Waals surface area contributed by atoms with E-state index in [1.165, 1.54) is 0 Å². The van der Waals surface area contributed by atoms with Gasteiger partial charge in [0, 0.05) is 27.6 Å². The molecule has 6 aromatic rings. The van der Waals surface area contributed by atoms with E-state index in [1.54, 1.807) is 0 Å². The summed E-state index contributed by atoms with van der Waals surface area (Å²) in [5.74, 6) is 3.06. The zero-order valence-corrected chi connectivity index (χ0v) is 19.1. The Balaban J connectivity index is 1.44. The Hall–Kier alpha value is -4.26. The SMILES string of the molecule is Cc1nc2c([nH]1)-c1ccc(-c3ccc4c(c3)c3cnncc3c3nc(C(C)C)[nH]c43)cc1OC2. The lowest BCUT2D eigenvalue weighted by molar-refractivity contribution is 0.298. The molecule has 0 bridgehead atoms. The van der Waals surface area contributed by atoms with Gasteiger partial charge in [-0.25, -0.2) is 9.97 Å². The number of aromatic nitrogens is 6. The summed E-state index contributed by atoms with van der Waals surface area (Å²) in [5.41, 5.74) is 7.27. The Bertz CT molecular complexity index is 1760. The molecule has 0 saturated carbocycles. The third-order valence-corrected chi connectivity index (χ3v) is 6.68. The summed E-state index contributed by atoms with van der Waals surface area (Å²) in [6, 6.07) is 12.9. The first-order valence-corrected chi connectivity index (χ1v) is 11.5. The van der Waals surface area contributed by atoms with E-state index in [0.717, 1.165) is 78.1 Å². The van der Waals surface area contributed by atoms with E-state index in [4.69, 9.17) is 9.72 Å². The van der Waals surface area contributed by atoms with E-state index < -0.39 is 0 Å². The number of benzene rings is 3. The van der Waals surface area contributed by atoms with Crippen LogP contribution in [0.5, 0.6) is 5.75 Å². The standard InChI is InChI=1S/C27H22N6O/c1-13(2)27-32-25-17-6-4-15(8-19(17)20-10-28-29-11-21(20)26(25)33-27)16-5-7-18-23(9-16)34-12-22-24(18)31-14(3)30-22/h4-11,13H,12H2,1-3H3,(H,30,31)(H,32,33). The van der Waals surface area contributed by atoms with E-state index in [9.17, 15) is 0 Å². The van der Waals surface area contributed by atoms with Crippen LogP contribution in [0, 0.1) is 6.92 Å². The molecule has 34 heavy (non-hydrogen) atoms. The van der Waals surface area contributed by atoms with Crippen molar-refractivity contribution in [3.8, 4) is 28.1 Å². The normalized spacial score (nSPS) is 12.9. The second kappa shape index (κ2) is 6.87. The van der Waals surface area contributed by atoms with Crippen LogP contribution < -0.4 is 4.74 Å². The van der Waals surface area contributed by atoms with Crippen molar-refractivity contribution in [2.75, 3.05) is 0 Å². The number of nitrogens with one attached hydrogen (secondary N) is 2. The minimum absolute atomic E-state index is 0.307. The number of nitrogens with zero attached hydrogens (tertiary/aromatic N) is 4. The van der Waals surface area contributed by atoms with Gasteiger partial charge in [0.1, 0.15) is 29.7 Å². The highest BCUT2D eigenvalue weighted by Gasteiger charge is 2.21. The van der Waals surface area contributed by atoms with Gasteiger partial charge in [-0.15, -0.1) is 0 Å². The summed E-state index contributed by atoms with van der Waals surface area (Å²) in [6.45, 7) is 6.74. The lowest BCUT2D eigenvalue weighted by atomic mass is 9.95. The van der Waals surface area contributed by atoms with Gasteiger partial charge in [-0.2, -0.15) is 10.2 Å². The van der Waals surface area contributed by atoms with Gasteiger partial charge < -0.3 is 14.7 Å². The Kier molecular flexibility index (Phi) is 3.89. The van der Waals surface area contributed by atoms with E-state index in [0.29, 0.717) is 12.5 Å². The molecule has 0 fully saturated rings. The van der Waals surface area contributed by atoms with Gasteiger partial charge >= 0.3 is 0 Å². The summed E-state index contributed by atoms with van der Waals surface area (Å²) in [6.07, 6.45) is 3.65. The van der Waals surface area contributed by atoms with Crippen molar-refractivity contribution in [1.82, 2.24) is 30.1 Å². The minimum Gasteiger partial charge on any atom is -0.486 e.